The molecule has 22 aromatic rings. The highest BCUT2D eigenvalue weighted by molar-refractivity contribution is 9.11. The van der Waals surface area contributed by atoms with Gasteiger partial charge in [0.15, 0.2) is 17.3 Å². The number of phenols is 2. The van der Waals surface area contributed by atoms with E-state index in [0.717, 1.165) is 128 Å². The Kier molecular flexibility index (Phi) is 16.2. The molecular weight excluding hydrogens is 1530 g/mol. The monoisotopic (exact) mass is 1580 g/mol. The maximum absolute atomic E-state index is 13.5. The number of furan rings is 1. The molecule has 1 aromatic heterocycles. The van der Waals surface area contributed by atoms with Crippen LogP contribution in [-0.4, -0.2) is 34.7 Å². The van der Waals surface area contributed by atoms with Crippen LogP contribution in [0.1, 0.15) is 47.8 Å². The summed E-state index contributed by atoms with van der Waals surface area (Å²) in [7, 11) is 1.59. The summed E-state index contributed by atoms with van der Waals surface area (Å²) in [6.45, 7) is 0. The van der Waals surface area contributed by atoms with E-state index in [9.17, 15) is 24.6 Å². The second-order valence-corrected chi connectivity index (χ2v) is 29.8. The van der Waals surface area contributed by atoms with Gasteiger partial charge in [0.05, 0.1) is 23.8 Å². The second kappa shape index (κ2) is 26.5. The van der Waals surface area contributed by atoms with Gasteiger partial charge in [0.2, 0.25) is 0 Å². The van der Waals surface area contributed by atoms with Crippen LogP contribution in [0.3, 0.4) is 0 Å². The molecule has 0 unspecified atom stereocenters. The summed E-state index contributed by atoms with van der Waals surface area (Å²) < 4.78 is 14.8. The van der Waals surface area contributed by atoms with Gasteiger partial charge in [-0.3, -0.25) is 14.4 Å². The Morgan fingerprint density at radius 1 is 0.269 bits per heavy atom. The minimum atomic E-state index is -0.184. The predicted octanol–water partition coefficient (Wildman–Crippen LogP) is 27.3. The molecule has 0 amide bonds. The number of rotatable bonds is 8. The van der Waals surface area contributed by atoms with Gasteiger partial charge < -0.3 is 19.4 Å². The van der Waals surface area contributed by atoms with E-state index in [4.69, 9.17) is 9.15 Å². The van der Waals surface area contributed by atoms with Crippen LogP contribution in [0.15, 0.2) is 333 Å². The fourth-order valence-electron chi connectivity index (χ4n) is 16.4. The van der Waals surface area contributed by atoms with Crippen molar-refractivity contribution >= 4 is 216 Å². The van der Waals surface area contributed by atoms with Gasteiger partial charge in [0.25, 0.3) is 0 Å². The van der Waals surface area contributed by atoms with Crippen LogP contribution in [0, 0.1) is 0 Å². The van der Waals surface area contributed by atoms with Crippen LogP contribution >= 0.6 is 47.8 Å². The molecule has 0 saturated heterocycles. The zero-order chi connectivity index (χ0) is 73.2. The maximum atomic E-state index is 13.5. The van der Waals surface area contributed by atoms with E-state index in [-0.39, 0.29) is 28.8 Å². The molecule has 22 rings (SSSR count). The van der Waals surface area contributed by atoms with Gasteiger partial charge in [-0.05, 0) is 231 Å². The van der Waals surface area contributed by atoms with Gasteiger partial charge in [-0.1, -0.05) is 272 Å². The summed E-state index contributed by atoms with van der Waals surface area (Å²) in [5.74, 6) is 0.217. The highest BCUT2D eigenvalue weighted by Gasteiger charge is 2.24. The molecule has 10 heteroatoms. The normalized spacial score (nSPS) is 11.7. The number of phenolic OH excluding ortho intramolecular Hbond substituents is 2. The third kappa shape index (κ3) is 10.8. The smallest absolute Gasteiger partial charge is 0.197 e. The number of halogens is 3. The van der Waals surface area contributed by atoms with E-state index in [1.807, 2.05) is 91.0 Å². The molecule has 21 aromatic carbocycles. The van der Waals surface area contributed by atoms with Crippen molar-refractivity contribution in [1.82, 2.24) is 0 Å². The molecule has 7 nitrogen and oxygen atoms in total. The summed E-state index contributed by atoms with van der Waals surface area (Å²) in [4.78, 5) is 40.0. The number of fused-ring (bicyclic) bond motifs is 3. The minimum Gasteiger partial charge on any atom is -0.507 e. The number of hydrogen-bond acceptors (Lipinski definition) is 7. The number of benzene rings is 21. The Bertz CT molecular complexity index is 7430. The Morgan fingerprint density at radius 3 is 1.06 bits per heavy atom. The fourth-order valence-corrected chi connectivity index (χ4v) is 17.8. The summed E-state index contributed by atoms with van der Waals surface area (Å²) >= 11 is 10.9. The van der Waals surface area contributed by atoms with Crippen LogP contribution in [0.4, 0.5) is 0 Å². The third-order valence-corrected chi connectivity index (χ3v) is 23.5. The lowest BCUT2D eigenvalue weighted by Crippen LogP contribution is -2.05. The molecule has 512 valence electrons. The summed E-state index contributed by atoms with van der Waals surface area (Å²) in [6.07, 6.45) is 0. The molecule has 0 aliphatic carbocycles. The van der Waals surface area contributed by atoms with Gasteiger partial charge in [-0.15, -0.1) is 0 Å². The van der Waals surface area contributed by atoms with Crippen molar-refractivity contribution in [3.63, 3.8) is 0 Å². The van der Waals surface area contributed by atoms with E-state index in [2.05, 4.69) is 224 Å². The summed E-state index contributed by atoms with van der Waals surface area (Å²) in [6, 6.07) is 104. The first-order valence-electron chi connectivity index (χ1n) is 35.3. The lowest BCUT2D eigenvalue weighted by Gasteiger charge is -2.16. The third-order valence-electron chi connectivity index (χ3n) is 21.4. The first-order chi connectivity index (χ1) is 52.8. The Labute approximate surface area is 642 Å². The molecule has 0 atom stereocenters. The zero-order valence-electron chi connectivity index (χ0n) is 57.6. The lowest BCUT2D eigenvalue weighted by molar-refractivity contribution is 0.102. The Balaban J connectivity index is 0.000000102. The molecule has 0 aliphatic rings. The lowest BCUT2D eigenvalue weighted by atomic mass is 9.87. The summed E-state index contributed by atoms with van der Waals surface area (Å²) in [5, 5.41) is 50.4. The summed E-state index contributed by atoms with van der Waals surface area (Å²) in [5.41, 5.74) is 7.05. The van der Waals surface area contributed by atoms with E-state index in [1.54, 1.807) is 55.6 Å². The van der Waals surface area contributed by atoms with Gasteiger partial charge >= 0.3 is 0 Å². The Hall–Kier alpha value is -12.6. The van der Waals surface area contributed by atoms with Crippen LogP contribution in [0.25, 0.3) is 162 Å². The zero-order valence-corrected chi connectivity index (χ0v) is 62.3. The molecule has 1 heterocycles. The van der Waals surface area contributed by atoms with Crippen molar-refractivity contribution in [1.29, 1.82) is 0 Å². The van der Waals surface area contributed by atoms with Gasteiger partial charge in [0.1, 0.15) is 28.4 Å². The standard InChI is InChI=1S/C35H20O3.C24H15BrO2.C23H13BrO2.C16H9Br/c36-30-7-3-1-6-29(30)35(37)28-18-12-21-10-16-26-23(14-9-20-11-17-27(28)34(21)33(20)26)22-13-15-25-24-5-2-4-8-31(24)38-32(25)19-22;1-27-21-5-3-2-4-19(21)24(26)17-11-7-14-8-12-18-20(25)13-9-15-6-10-16(17)22(14)23(15)18;24-19-12-8-14-5-9-15-16(23(26)18-3-1-2-4-20(18)25)10-6-13-7-11-17(19)22(14)21(13)15;17-14-9-7-12-5-4-10-2-1-3-11-6-8-13(14)16(12)15(10)11/h1-19,36H;2-13H,1H3;1-12,25H;1-9H. The molecular formula is C98H57Br3O7. The Morgan fingerprint density at radius 2 is 0.593 bits per heavy atom. The van der Waals surface area contributed by atoms with Crippen molar-refractivity contribution in [2.45, 2.75) is 0 Å². The molecule has 0 radical (unpaired) electrons. The van der Waals surface area contributed by atoms with Crippen molar-refractivity contribution in [2.24, 2.45) is 0 Å². The van der Waals surface area contributed by atoms with Crippen LogP contribution in [0.5, 0.6) is 17.2 Å². The van der Waals surface area contributed by atoms with E-state index >= 15 is 0 Å². The van der Waals surface area contributed by atoms with Gasteiger partial charge in [-0.25, -0.2) is 0 Å². The fraction of sp³-hybridized carbons (Fsp3) is 0.0102. The van der Waals surface area contributed by atoms with E-state index < -0.39 is 0 Å². The molecule has 2 N–H and O–H groups in total. The second-order valence-electron chi connectivity index (χ2n) is 27.2. The quantitative estimate of drug-likeness (QED) is 0.115. The topological polar surface area (TPSA) is 114 Å². The number of aromatic hydroxyl groups is 2. The van der Waals surface area contributed by atoms with Gasteiger partial charge in [0, 0.05) is 40.9 Å². The number of para-hydroxylation sites is 4. The highest BCUT2D eigenvalue weighted by atomic mass is 79.9. The first kappa shape index (κ1) is 66.1. The first-order valence-corrected chi connectivity index (χ1v) is 37.7. The number of ketones is 3. The minimum absolute atomic E-state index is 0.00550. The average Bonchev–Trinajstić information content (AvgIpc) is 0.803. The number of carbonyl (C=O) groups excluding carboxylic acids is 3. The number of ether oxygens (including phenoxy) is 1. The SMILES string of the molecule is Brc1ccc2ccc3cccc4ccc1c2c34.COc1ccccc1C(=O)c1ccc2ccc3c(Br)ccc4ccc1c2c43.O=C(c1ccccc1O)c1ccc2ccc3c(-c4ccc5c(c4)oc4ccccc45)ccc4ccc1c2c43.O=C(c1ccccc1O)c1ccc2ccc3c(Br)ccc4ccc1c2c43. The van der Waals surface area contributed by atoms with Crippen LogP contribution in [0.2, 0.25) is 0 Å². The van der Waals surface area contributed by atoms with Crippen molar-refractivity contribution in [3.8, 4) is 28.4 Å². The van der Waals surface area contributed by atoms with E-state index in [1.165, 1.54) is 47.6 Å². The molecule has 0 saturated carbocycles. The average molecular weight is 1590 g/mol. The van der Waals surface area contributed by atoms with Crippen molar-refractivity contribution in [3.05, 3.63) is 362 Å². The predicted molar refractivity (Wildman–Crippen MR) is 456 cm³/mol. The highest BCUT2D eigenvalue weighted by Crippen LogP contribution is 2.46. The van der Waals surface area contributed by atoms with Crippen molar-refractivity contribution in [2.75, 3.05) is 7.11 Å². The van der Waals surface area contributed by atoms with Gasteiger partial charge in [-0.2, -0.15) is 0 Å². The van der Waals surface area contributed by atoms with E-state index in [0.29, 0.717) is 39.1 Å². The largest absolute Gasteiger partial charge is 0.507 e. The van der Waals surface area contributed by atoms with Crippen LogP contribution in [-0.2, 0) is 0 Å². The number of hydrogen-bond donors (Lipinski definition) is 2. The molecule has 0 aliphatic heterocycles. The maximum Gasteiger partial charge on any atom is 0.197 e. The number of carbonyl (C=O) groups is 3. The molecule has 108 heavy (non-hydrogen) atoms. The molecule has 0 fully saturated rings. The molecule has 0 bridgehead atoms. The van der Waals surface area contributed by atoms with Crippen molar-refractivity contribution < 1.29 is 33.8 Å². The van der Waals surface area contributed by atoms with Crippen LogP contribution < -0.4 is 4.74 Å². The molecule has 0 spiro atoms. The number of methoxy groups -OCH3 is 1.